The Morgan fingerprint density at radius 1 is 0.882 bits per heavy atom. The average molecular weight is 467 g/mol. The number of amides is 1. The molecule has 1 unspecified atom stereocenters. The molecule has 1 aliphatic heterocycles. The van der Waals surface area contributed by atoms with Gasteiger partial charge in [0.15, 0.2) is 11.5 Å². The third-order valence-electron chi connectivity index (χ3n) is 5.67. The lowest BCUT2D eigenvalue weighted by Crippen LogP contribution is -2.31. The van der Waals surface area contributed by atoms with Crippen LogP contribution in [0.5, 0.6) is 5.75 Å². The van der Waals surface area contributed by atoms with E-state index in [1.54, 1.807) is 0 Å². The number of halogens is 3. The Kier molecular flexibility index (Phi) is 6.15. The number of rotatable bonds is 6. The number of aromatic hydroxyl groups is 1. The van der Waals surface area contributed by atoms with Crippen LogP contribution in [0.4, 0.5) is 18.9 Å². The van der Waals surface area contributed by atoms with Crippen molar-refractivity contribution in [3.63, 3.8) is 0 Å². The first-order valence-corrected chi connectivity index (χ1v) is 10.5. The number of aliphatic hydroxyl groups is 1. The number of hydrogen-bond acceptors (Lipinski definition) is 4. The molecule has 8 heteroatoms. The van der Waals surface area contributed by atoms with Crippen LogP contribution in [0.15, 0.2) is 90.2 Å². The Hall–Kier alpha value is -4.07. The van der Waals surface area contributed by atoms with Crippen molar-refractivity contribution in [2.45, 2.75) is 25.1 Å². The number of nitrogens with zero attached hydrogens (tertiary/aromatic N) is 1. The van der Waals surface area contributed by atoms with Gasteiger partial charge in [-0.05, 0) is 53.9 Å². The van der Waals surface area contributed by atoms with E-state index in [1.807, 2.05) is 30.3 Å². The summed E-state index contributed by atoms with van der Waals surface area (Å²) in [5, 5.41) is 20.3. The van der Waals surface area contributed by atoms with Crippen LogP contribution < -0.4 is 4.90 Å². The van der Waals surface area contributed by atoms with Gasteiger partial charge >= 0.3 is 6.18 Å². The largest absolute Gasteiger partial charge is 0.508 e. The van der Waals surface area contributed by atoms with E-state index in [9.17, 15) is 33.0 Å². The summed E-state index contributed by atoms with van der Waals surface area (Å²) in [4.78, 5) is 27.3. The number of ketones is 1. The Morgan fingerprint density at radius 3 is 2.09 bits per heavy atom. The molecule has 0 saturated heterocycles. The van der Waals surface area contributed by atoms with Gasteiger partial charge in [-0.1, -0.05) is 42.5 Å². The molecule has 1 aliphatic rings. The first-order chi connectivity index (χ1) is 16.2. The maximum Gasteiger partial charge on any atom is 0.416 e. The highest BCUT2D eigenvalue weighted by Crippen LogP contribution is 2.42. The van der Waals surface area contributed by atoms with Gasteiger partial charge in [0.1, 0.15) is 5.75 Å². The predicted octanol–water partition coefficient (Wildman–Crippen LogP) is 5.51. The molecule has 0 fully saturated rings. The molecule has 34 heavy (non-hydrogen) atoms. The Bertz CT molecular complexity index is 1230. The zero-order valence-electron chi connectivity index (χ0n) is 17.8. The maximum atomic E-state index is 13.2. The van der Waals surface area contributed by atoms with Gasteiger partial charge in [0.05, 0.1) is 17.2 Å². The Balaban J connectivity index is 1.72. The fourth-order valence-corrected chi connectivity index (χ4v) is 3.98. The van der Waals surface area contributed by atoms with Gasteiger partial charge in [-0.25, -0.2) is 0 Å². The van der Waals surface area contributed by atoms with Crippen molar-refractivity contribution < 1.29 is 33.0 Å². The van der Waals surface area contributed by atoms with Crippen molar-refractivity contribution in [3.8, 4) is 5.75 Å². The molecule has 0 radical (unpaired) electrons. The van der Waals surface area contributed by atoms with Crippen LogP contribution in [0.25, 0.3) is 0 Å². The molecule has 1 atom stereocenters. The molecule has 3 aromatic rings. The van der Waals surface area contributed by atoms with E-state index in [0.717, 1.165) is 34.7 Å². The highest BCUT2D eigenvalue weighted by molar-refractivity contribution is 6.16. The topological polar surface area (TPSA) is 77.8 Å². The summed E-state index contributed by atoms with van der Waals surface area (Å²) in [6, 6.07) is 17.8. The molecule has 0 saturated carbocycles. The number of Topliss-reactive ketones (excluding diaryl/α,β-unsaturated/α-hetero) is 1. The molecule has 5 nitrogen and oxygen atoms in total. The number of carbonyl (C=O) groups excluding carboxylic acids is 2. The van der Waals surface area contributed by atoms with E-state index in [2.05, 4.69) is 0 Å². The number of phenolic OH excluding ortho intramolecular Hbond substituents is 1. The first-order valence-electron chi connectivity index (χ1n) is 10.5. The number of hydrogen-bond donors (Lipinski definition) is 2. The van der Waals surface area contributed by atoms with Crippen LogP contribution in [0, 0.1) is 0 Å². The summed E-state index contributed by atoms with van der Waals surface area (Å²) in [5.41, 5.74) is 0.389. The number of carbonyl (C=O) groups is 2. The molecule has 174 valence electrons. The Labute approximate surface area is 193 Å². The molecule has 0 aliphatic carbocycles. The SMILES string of the molecule is O=C(CCc1ccccc1)C1=C(O)C(=O)N(c2ccc(C(F)(F)F)cc2)C1c1ccc(O)cc1. The summed E-state index contributed by atoms with van der Waals surface area (Å²) in [6.45, 7) is 0. The number of benzene rings is 3. The second kappa shape index (κ2) is 9.05. The molecule has 0 bridgehead atoms. The third-order valence-corrected chi connectivity index (χ3v) is 5.67. The van der Waals surface area contributed by atoms with Crippen molar-refractivity contribution in [1.29, 1.82) is 0 Å². The number of aryl methyl sites for hydroxylation is 1. The van der Waals surface area contributed by atoms with Gasteiger partial charge in [-0.15, -0.1) is 0 Å². The van der Waals surface area contributed by atoms with Gasteiger partial charge in [0.25, 0.3) is 5.91 Å². The second-order valence-electron chi connectivity index (χ2n) is 7.88. The molecule has 3 aromatic carbocycles. The monoisotopic (exact) mass is 467 g/mol. The van der Waals surface area contributed by atoms with Crippen LogP contribution in [-0.4, -0.2) is 21.9 Å². The van der Waals surface area contributed by atoms with E-state index in [-0.39, 0.29) is 23.4 Å². The van der Waals surface area contributed by atoms with E-state index >= 15 is 0 Å². The molecular weight excluding hydrogens is 447 g/mol. The minimum absolute atomic E-state index is 0.0200. The lowest BCUT2D eigenvalue weighted by molar-refractivity contribution is -0.137. The molecule has 4 rings (SSSR count). The summed E-state index contributed by atoms with van der Waals surface area (Å²) in [6.07, 6.45) is -4.15. The molecule has 0 aromatic heterocycles. The Morgan fingerprint density at radius 2 is 1.50 bits per heavy atom. The second-order valence-corrected chi connectivity index (χ2v) is 7.88. The average Bonchev–Trinajstić information content (AvgIpc) is 3.09. The van der Waals surface area contributed by atoms with E-state index in [0.29, 0.717) is 12.0 Å². The maximum absolute atomic E-state index is 13.2. The van der Waals surface area contributed by atoms with Gasteiger partial charge < -0.3 is 10.2 Å². The van der Waals surface area contributed by atoms with Crippen molar-refractivity contribution in [2.24, 2.45) is 0 Å². The van der Waals surface area contributed by atoms with Crippen molar-refractivity contribution in [2.75, 3.05) is 4.90 Å². The quantitative estimate of drug-likeness (QED) is 0.501. The van der Waals surface area contributed by atoms with E-state index < -0.39 is 35.2 Å². The lowest BCUT2D eigenvalue weighted by Gasteiger charge is -2.27. The van der Waals surface area contributed by atoms with Crippen LogP contribution in [-0.2, 0) is 22.2 Å². The summed E-state index contributed by atoms with van der Waals surface area (Å²) >= 11 is 0. The van der Waals surface area contributed by atoms with Crippen LogP contribution >= 0.6 is 0 Å². The van der Waals surface area contributed by atoms with Gasteiger partial charge in [0.2, 0.25) is 0 Å². The molecule has 1 amide bonds. The van der Waals surface area contributed by atoms with Gasteiger partial charge in [-0.2, -0.15) is 13.2 Å². The lowest BCUT2D eigenvalue weighted by atomic mass is 9.93. The summed E-state index contributed by atoms with van der Waals surface area (Å²) in [7, 11) is 0. The number of anilines is 1. The minimum atomic E-state index is -4.55. The molecule has 0 spiro atoms. The first kappa shape index (κ1) is 23.1. The normalized spacial score (nSPS) is 16.3. The molecule has 1 heterocycles. The number of phenols is 1. The summed E-state index contributed by atoms with van der Waals surface area (Å²) < 4.78 is 39.0. The van der Waals surface area contributed by atoms with Crippen molar-refractivity contribution >= 4 is 17.4 Å². The van der Waals surface area contributed by atoms with Crippen LogP contribution in [0.1, 0.15) is 29.2 Å². The molecular formula is C26H20F3NO4. The number of alkyl halides is 3. The smallest absolute Gasteiger partial charge is 0.416 e. The van der Waals surface area contributed by atoms with Crippen LogP contribution in [0.2, 0.25) is 0 Å². The third kappa shape index (κ3) is 4.52. The standard InChI is InChI=1S/C26H20F3NO4/c27-26(28,29)18-9-11-19(12-10-18)30-23(17-7-13-20(31)14-8-17)22(24(33)25(30)34)21(32)15-6-16-4-2-1-3-5-16/h1-5,7-14,23,31,33H,6,15H2. The van der Waals surface area contributed by atoms with Crippen molar-refractivity contribution in [1.82, 2.24) is 0 Å². The highest BCUT2D eigenvalue weighted by Gasteiger charge is 2.44. The van der Waals surface area contributed by atoms with Gasteiger partial charge in [-0.3, -0.25) is 14.5 Å². The van der Waals surface area contributed by atoms with Crippen LogP contribution in [0.3, 0.4) is 0 Å². The molecule has 2 N–H and O–H groups in total. The summed E-state index contributed by atoms with van der Waals surface area (Å²) in [5.74, 6) is -2.13. The van der Waals surface area contributed by atoms with E-state index in [1.165, 1.54) is 24.3 Å². The zero-order chi connectivity index (χ0) is 24.5. The fourth-order valence-electron chi connectivity index (χ4n) is 3.98. The predicted molar refractivity (Wildman–Crippen MR) is 119 cm³/mol. The fraction of sp³-hybridized carbons (Fsp3) is 0.154. The van der Waals surface area contributed by atoms with E-state index in [4.69, 9.17) is 0 Å². The van der Waals surface area contributed by atoms with Gasteiger partial charge in [0, 0.05) is 12.1 Å². The highest BCUT2D eigenvalue weighted by atomic mass is 19.4. The number of aliphatic hydroxyl groups excluding tert-OH is 1. The van der Waals surface area contributed by atoms with Crippen molar-refractivity contribution in [3.05, 3.63) is 107 Å². The zero-order valence-corrected chi connectivity index (χ0v) is 17.8. The minimum Gasteiger partial charge on any atom is -0.508 e.